The Hall–Kier alpha value is -0.570. The first-order valence-electron chi connectivity index (χ1n) is 8.51. The molecule has 1 aliphatic rings. The van der Waals surface area contributed by atoms with Crippen LogP contribution in [0.15, 0.2) is 0 Å². The molecule has 1 unspecified atom stereocenters. The van der Waals surface area contributed by atoms with E-state index in [0.717, 1.165) is 18.8 Å². The van der Waals surface area contributed by atoms with Crippen LogP contribution in [0.5, 0.6) is 0 Å². The SMILES string of the molecule is CCCCCC1CCC(C(O)CCC(=O)OCC)CC1. The zero-order valence-electron chi connectivity index (χ0n) is 13.3. The van der Waals surface area contributed by atoms with Gasteiger partial charge >= 0.3 is 5.97 Å². The fourth-order valence-corrected chi connectivity index (χ4v) is 3.28. The van der Waals surface area contributed by atoms with Crippen LogP contribution >= 0.6 is 0 Å². The molecule has 0 saturated heterocycles. The molecule has 0 bridgehead atoms. The highest BCUT2D eigenvalue weighted by molar-refractivity contribution is 5.69. The van der Waals surface area contributed by atoms with Gasteiger partial charge in [0.05, 0.1) is 12.7 Å². The first-order valence-corrected chi connectivity index (χ1v) is 8.51. The highest BCUT2D eigenvalue weighted by Gasteiger charge is 2.26. The molecule has 1 saturated carbocycles. The predicted molar refractivity (Wildman–Crippen MR) is 81.5 cm³/mol. The maximum atomic E-state index is 11.3. The Morgan fingerprint density at radius 2 is 1.90 bits per heavy atom. The highest BCUT2D eigenvalue weighted by Crippen LogP contribution is 2.34. The lowest BCUT2D eigenvalue weighted by molar-refractivity contribution is -0.144. The third-order valence-electron chi connectivity index (χ3n) is 4.60. The van der Waals surface area contributed by atoms with E-state index in [1.807, 2.05) is 6.92 Å². The number of unbranched alkanes of at least 4 members (excludes halogenated alkanes) is 2. The van der Waals surface area contributed by atoms with Crippen LogP contribution in [0, 0.1) is 11.8 Å². The van der Waals surface area contributed by atoms with Gasteiger partial charge in [0, 0.05) is 6.42 Å². The molecule has 0 amide bonds. The van der Waals surface area contributed by atoms with E-state index in [9.17, 15) is 9.90 Å². The van der Waals surface area contributed by atoms with Crippen molar-refractivity contribution in [2.24, 2.45) is 11.8 Å². The number of carbonyl (C=O) groups excluding carboxylic acids is 1. The van der Waals surface area contributed by atoms with Gasteiger partial charge in [-0.05, 0) is 38.0 Å². The standard InChI is InChI=1S/C17H32O3/c1-3-5-6-7-14-8-10-15(11-9-14)16(18)12-13-17(19)20-4-2/h14-16,18H,3-13H2,1-2H3. The van der Waals surface area contributed by atoms with E-state index >= 15 is 0 Å². The molecule has 3 nitrogen and oxygen atoms in total. The van der Waals surface area contributed by atoms with Crippen LogP contribution in [-0.4, -0.2) is 23.8 Å². The van der Waals surface area contributed by atoms with Crippen LogP contribution < -0.4 is 0 Å². The van der Waals surface area contributed by atoms with Crippen molar-refractivity contribution in [1.29, 1.82) is 0 Å². The number of rotatable bonds is 9. The van der Waals surface area contributed by atoms with E-state index in [1.165, 1.54) is 38.5 Å². The van der Waals surface area contributed by atoms with Gasteiger partial charge in [0.2, 0.25) is 0 Å². The molecule has 1 atom stereocenters. The summed E-state index contributed by atoms with van der Waals surface area (Å²) in [7, 11) is 0. The van der Waals surface area contributed by atoms with Crippen molar-refractivity contribution >= 4 is 5.97 Å². The van der Waals surface area contributed by atoms with E-state index in [4.69, 9.17) is 4.74 Å². The Morgan fingerprint density at radius 1 is 1.20 bits per heavy atom. The summed E-state index contributed by atoms with van der Waals surface area (Å²) in [6.45, 7) is 4.49. The van der Waals surface area contributed by atoms with Gasteiger partial charge in [0.15, 0.2) is 0 Å². The van der Waals surface area contributed by atoms with Gasteiger partial charge in [-0.1, -0.05) is 45.4 Å². The molecule has 0 heterocycles. The number of carbonyl (C=O) groups is 1. The van der Waals surface area contributed by atoms with Gasteiger partial charge in [0.25, 0.3) is 0 Å². The summed E-state index contributed by atoms with van der Waals surface area (Å²) in [6.07, 6.45) is 10.7. The quantitative estimate of drug-likeness (QED) is 0.512. The minimum absolute atomic E-state index is 0.181. The Balaban J connectivity index is 2.15. The molecule has 0 aromatic rings. The largest absolute Gasteiger partial charge is 0.466 e. The summed E-state index contributed by atoms with van der Waals surface area (Å²) in [5, 5.41) is 10.2. The zero-order valence-corrected chi connectivity index (χ0v) is 13.3. The van der Waals surface area contributed by atoms with Gasteiger partial charge < -0.3 is 9.84 Å². The number of hydrogen-bond donors (Lipinski definition) is 1. The van der Waals surface area contributed by atoms with Gasteiger partial charge in [-0.25, -0.2) is 0 Å². The Morgan fingerprint density at radius 3 is 2.50 bits per heavy atom. The Kier molecular flexibility index (Phi) is 8.92. The molecule has 0 spiro atoms. The van der Waals surface area contributed by atoms with Crippen LogP contribution in [0.1, 0.15) is 78.1 Å². The molecule has 0 aromatic carbocycles. The minimum Gasteiger partial charge on any atom is -0.466 e. The third-order valence-corrected chi connectivity index (χ3v) is 4.60. The number of aliphatic hydroxyl groups is 1. The second kappa shape index (κ2) is 10.2. The molecule has 1 N–H and O–H groups in total. The van der Waals surface area contributed by atoms with Crippen LogP contribution in [0.3, 0.4) is 0 Å². The molecule has 3 heteroatoms. The maximum Gasteiger partial charge on any atom is 0.305 e. The zero-order chi connectivity index (χ0) is 14.8. The van der Waals surface area contributed by atoms with Gasteiger partial charge in [-0.15, -0.1) is 0 Å². The molecule has 0 aliphatic heterocycles. The second-order valence-corrected chi connectivity index (χ2v) is 6.19. The normalized spacial score (nSPS) is 24.4. The predicted octanol–water partition coefficient (Wildman–Crippen LogP) is 4.08. The van der Waals surface area contributed by atoms with Crippen molar-refractivity contribution in [1.82, 2.24) is 0 Å². The van der Waals surface area contributed by atoms with Crippen LogP contribution in [-0.2, 0) is 9.53 Å². The molecule has 1 rings (SSSR count). The second-order valence-electron chi connectivity index (χ2n) is 6.19. The fraction of sp³-hybridized carbons (Fsp3) is 0.941. The van der Waals surface area contributed by atoms with Crippen molar-refractivity contribution in [3.05, 3.63) is 0 Å². The molecule has 0 radical (unpaired) electrons. The average Bonchev–Trinajstić information content (AvgIpc) is 2.46. The number of ether oxygens (including phenoxy) is 1. The van der Waals surface area contributed by atoms with E-state index < -0.39 is 0 Å². The lowest BCUT2D eigenvalue weighted by Crippen LogP contribution is -2.26. The summed E-state index contributed by atoms with van der Waals surface area (Å²) in [6, 6.07) is 0. The summed E-state index contributed by atoms with van der Waals surface area (Å²) in [4.78, 5) is 11.3. The maximum absolute atomic E-state index is 11.3. The average molecular weight is 284 g/mol. The lowest BCUT2D eigenvalue weighted by atomic mass is 9.77. The van der Waals surface area contributed by atoms with Crippen LogP contribution in [0.2, 0.25) is 0 Å². The topological polar surface area (TPSA) is 46.5 Å². The van der Waals surface area contributed by atoms with E-state index in [0.29, 0.717) is 25.4 Å². The van der Waals surface area contributed by atoms with E-state index in [2.05, 4.69) is 6.92 Å². The van der Waals surface area contributed by atoms with Gasteiger partial charge in [0.1, 0.15) is 0 Å². The van der Waals surface area contributed by atoms with Crippen molar-refractivity contribution in [2.75, 3.05) is 6.61 Å². The third kappa shape index (κ3) is 6.74. The molecule has 118 valence electrons. The fourth-order valence-electron chi connectivity index (χ4n) is 3.28. The molecule has 1 fully saturated rings. The summed E-state index contributed by atoms with van der Waals surface area (Å²) in [5.41, 5.74) is 0. The smallest absolute Gasteiger partial charge is 0.305 e. The number of hydrogen-bond acceptors (Lipinski definition) is 3. The molecular weight excluding hydrogens is 252 g/mol. The summed E-state index contributed by atoms with van der Waals surface area (Å²) in [5.74, 6) is 1.08. The molecule has 0 aromatic heterocycles. The van der Waals surface area contributed by atoms with Gasteiger partial charge in [-0.3, -0.25) is 4.79 Å². The first kappa shape index (κ1) is 17.5. The molecule has 1 aliphatic carbocycles. The van der Waals surface area contributed by atoms with E-state index in [1.54, 1.807) is 0 Å². The number of esters is 1. The monoisotopic (exact) mass is 284 g/mol. The van der Waals surface area contributed by atoms with Gasteiger partial charge in [-0.2, -0.15) is 0 Å². The summed E-state index contributed by atoms with van der Waals surface area (Å²) < 4.78 is 4.90. The van der Waals surface area contributed by atoms with Crippen molar-refractivity contribution < 1.29 is 14.6 Å². The minimum atomic E-state index is -0.323. The van der Waals surface area contributed by atoms with E-state index in [-0.39, 0.29) is 12.1 Å². The van der Waals surface area contributed by atoms with Crippen molar-refractivity contribution in [2.45, 2.75) is 84.2 Å². The molecule has 20 heavy (non-hydrogen) atoms. The van der Waals surface area contributed by atoms with Crippen LogP contribution in [0.25, 0.3) is 0 Å². The highest BCUT2D eigenvalue weighted by atomic mass is 16.5. The Bertz CT molecular complexity index is 257. The molecular formula is C17H32O3. The first-order chi connectivity index (χ1) is 9.67. The van der Waals surface area contributed by atoms with Crippen molar-refractivity contribution in [3.8, 4) is 0 Å². The van der Waals surface area contributed by atoms with Crippen LogP contribution in [0.4, 0.5) is 0 Å². The number of aliphatic hydroxyl groups excluding tert-OH is 1. The lowest BCUT2D eigenvalue weighted by Gasteiger charge is -2.31. The Labute approximate surface area is 124 Å². The summed E-state index contributed by atoms with van der Waals surface area (Å²) >= 11 is 0. The van der Waals surface area contributed by atoms with Crippen molar-refractivity contribution in [3.63, 3.8) is 0 Å².